The van der Waals surface area contributed by atoms with E-state index in [2.05, 4.69) is 4.98 Å². The Balaban J connectivity index is 2.88. The molecule has 1 rings (SSSR count). The molecule has 76 valence electrons. The van der Waals surface area contributed by atoms with E-state index in [-0.39, 0.29) is 11.6 Å². The summed E-state index contributed by atoms with van der Waals surface area (Å²) in [5, 5.41) is 0. The first-order chi connectivity index (χ1) is 6.69. The molecule has 0 N–H and O–H groups in total. The number of aromatic nitrogens is 1. The van der Waals surface area contributed by atoms with Crippen LogP contribution in [0.1, 0.15) is 24.3 Å². The first-order valence-electron chi connectivity index (χ1n) is 4.60. The second-order valence-electron chi connectivity index (χ2n) is 2.82. The van der Waals surface area contributed by atoms with Crippen LogP contribution in [0, 0.1) is 5.95 Å². The van der Waals surface area contributed by atoms with Crippen molar-refractivity contribution >= 4 is 5.91 Å². The van der Waals surface area contributed by atoms with Crippen LogP contribution in [0.3, 0.4) is 0 Å². The van der Waals surface area contributed by atoms with E-state index in [0.29, 0.717) is 13.1 Å². The Morgan fingerprint density at radius 3 is 2.57 bits per heavy atom. The Morgan fingerprint density at radius 1 is 1.43 bits per heavy atom. The van der Waals surface area contributed by atoms with Crippen molar-refractivity contribution in [3.63, 3.8) is 0 Å². The Kier molecular flexibility index (Phi) is 3.56. The zero-order valence-corrected chi connectivity index (χ0v) is 8.33. The summed E-state index contributed by atoms with van der Waals surface area (Å²) in [5.41, 5.74) is 0.161. The predicted octanol–water partition coefficient (Wildman–Crippen LogP) is 1.70. The van der Waals surface area contributed by atoms with Crippen molar-refractivity contribution < 1.29 is 9.18 Å². The molecular formula is C10H13FN2O. The van der Waals surface area contributed by atoms with Crippen LogP contribution in [0.2, 0.25) is 0 Å². The maximum Gasteiger partial charge on any atom is 0.272 e. The first kappa shape index (κ1) is 10.6. The van der Waals surface area contributed by atoms with E-state index in [1.807, 2.05) is 13.8 Å². The van der Waals surface area contributed by atoms with Crippen molar-refractivity contribution in [2.75, 3.05) is 13.1 Å². The van der Waals surface area contributed by atoms with Gasteiger partial charge in [0.2, 0.25) is 5.95 Å². The van der Waals surface area contributed by atoms with Crippen molar-refractivity contribution in [1.29, 1.82) is 0 Å². The zero-order valence-electron chi connectivity index (χ0n) is 8.33. The molecule has 0 atom stereocenters. The fraction of sp³-hybridized carbons (Fsp3) is 0.400. The molecule has 0 saturated carbocycles. The number of nitrogens with zero attached hydrogens (tertiary/aromatic N) is 2. The fourth-order valence-corrected chi connectivity index (χ4v) is 1.20. The highest BCUT2D eigenvalue weighted by atomic mass is 19.1. The van der Waals surface area contributed by atoms with E-state index in [4.69, 9.17) is 0 Å². The topological polar surface area (TPSA) is 33.2 Å². The molecule has 4 heteroatoms. The summed E-state index contributed by atoms with van der Waals surface area (Å²) in [5.74, 6) is -0.850. The second-order valence-corrected chi connectivity index (χ2v) is 2.82. The van der Waals surface area contributed by atoms with Gasteiger partial charge in [-0.25, -0.2) is 4.98 Å². The number of amides is 1. The standard InChI is InChI=1S/C10H13FN2O/c1-3-13(4-2)10(14)8-6-5-7-9(11)12-8/h5-7H,3-4H2,1-2H3. The summed E-state index contributed by atoms with van der Waals surface area (Å²) < 4.78 is 12.7. The summed E-state index contributed by atoms with van der Waals surface area (Å²) in [7, 11) is 0. The second kappa shape index (κ2) is 4.69. The average molecular weight is 196 g/mol. The molecule has 0 aromatic carbocycles. The summed E-state index contributed by atoms with van der Waals surface area (Å²) in [6, 6.07) is 4.22. The van der Waals surface area contributed by atoms with Gasteiger partial charge in [-0.3, -0.25) is 4.79 Å². The van der Waals surface area contributed by atoms with Crippen LogP contribution in [-0.2, 0) is 0 Å². The van der Waals surface area contributed by atoms with E-state index in [1.165, 1.54) is 18.2 Å². The molecule has 1 amide bonds. The van der Waals surface area contributed by atoms with Crippen LogP contribution in [0.15, 0.2) is 18.2 Å². The van der Waals surface area contributed by atoms with E-state index in [0.717, 1.165) is 0 Å². The minimum Gasteiger partial charge on any atom is -0.338 e. The van der Waals surface area contributed by atoms with Crippen molar-refractivity contribution in [3.8, 4) is 0 Å². The van der Waals surface area contributed by atoms with Gasteiger partial charge in [0.1, 0.15) is 5.69 Å². The SMILES string of the molecule is CCN(CC)C(=O)c1cccc(F)n1. The minimum atomic E-state index is -0.622. The minimum absolute atomic E-state index is 0.161. The van der Waals surface area contributed by atoms with Crippen LogP contribution in [0.25, 0.3) is 0 Å². The van der Waals surface area contributed by atoms with Crippen LogP contribution < -0.4 is 0 Å². The average Bonchev–Trinajstić information content (AvgIpc) is 2.19. The zero-order chi connectivity index (χ0) is 10.6. The molecule has 0 radical (unpaired) electrons. The molecule has 0 aliphatic heterocycles. The molecule has 1 heterocycles. The molecule has 0 aliphatic carbocycles. The van der Waals surface area contributed by atoms with Gasteiger partial charge in [-0.1, -0.05) is 6.07 Å². The molecule has 0 fully saturated rings. The summed E-state index contributed by atoms with van der Waals surface area (Å²) in [6.45, 7) is 4.96. The molecule has 0 aliphatic rings. The molecule has 14 heavy (non-hydrogen) atoms. The van der Waals surface area contributed by atoms with Gasteiger partial charge in [-0.2, -0.15) is 4.39 Å². The number of pyridine rings is 1. The normalized spacial score (nSPS) is 9.93. The van der Waals surface area contributed by atoms with Gasteiger partial charge in [0.15, 0.2) is 0 Å². The van der Waals surface area contributed by atoms with Crippen LogP contribution >= 0.6 is 0 Å². The van der Waals surface area contributed by atoms with Gasteiger partial charge >= 0.3 is 0 Å². The Labute approximate surface area is 82.6 Å². The summed E-state index contributed by atoms with van der Waals surface area (Å²) in [4.78, 5) is 16.8. The lowest BCUT2D eigenvalue weighted by Gasteiger charge is -2.17. The van der Waals surface area contributed by atoms with E-state index < -0.39 is 5.95 Å². The Morgan fingerprint density at radius 2 is 2.07 bits per heavy atom. The van der Waals surface area contributed by atoms with Crippen molar-refractivity contribution in [1.82, 2.24) is 9.88 Å². The molecule has 0 spiro atoms. The van der Waals surface area contributed by atoms with E-state index in [1.54, 1.807) is 4.90 Å². The Bertz CT molecular complexity index is 324. The lowest BCUT2D eigenvalue weighted by Crippen LogP contribution is -2.31. The third-order valence-electron chi connectivity index (χ3n) is 1.98. The van der Waals surface area contributed by atoms with Crippen molar-refractivity contribution in [2.45, 2.75) is 13.8 Å². The molecule has 3 nitrogen and oxygen atoms in total. The monoisotopic (exact) mass is 196 g/mol. The van der Waals surface area contributed by atoms with Crippen molar-refractivity contribution in [3.05, 3.63) is 29.8 Å². The number of rotatable bonds is 3. The highest BCUT2D eigenvalue weighted by molar-refractivity contribution is 5.92. The quantitative estimate of drug-likeness (QED) is 0.689. The largest absolute Gasteiger partial charge is 0.338 e. The van der Waals surface area contributed by atoms with Gasteiger partial charge in [-0.05, 0) is 26.0 Å². The molecule has 0 saturated heterocycles. The Hall–Kier alpha value is -1.45. The lowest BCUT2D eigenvalue weighted by atomic mass is 10.3. The highest BCUT2D eigenvalue weighted by Crippen LogP contribution is 2.02. The third kappa shape index (κ3) is 2.28. The van der Waals surface area contributed by atoms with Crippen LogP contribution in [0.5, 0.6) is 0 Å². The molecule has 1 aromatic rings. The smallest absolute Gasteiger partial charge is 0.272 e. The third-order valence-corrected chi connectivity index (χ3v) is 1.98. The number of carbonyl (C=O) groups is 1. The first-order valence-corrected chi connectivity index (χ1v) is 4.60. The van der Waals surface area contributed by atoms with E-state index >= 15 is 0 Å². The maximum atomic E-state index is 12.7. The molecule has 0 unspecified atom stereocenters. The maximum absolute atomic E-state index is 12.7. The number of carbonyl (C=O) groups excluding carboxylic acids is 1. The summed E-state index contributed by atoms with van der Waals surface area (Å²) >= 11 is 0. The molecule has 0 bridgehead atoms. The van der Waals surface area contributed by atoms with Gasteiger partial charge in [0.05, 0.1) is 0 Å². The molecular weight excluding hydrogens is 183 g/mol. The fourth-order valence-electron chi connectivity index (χ4n) is 1.20. The number of hydrogen-bond acceptors (Lipinski definition) is 2. The highest BCUT2D eigenvalue weighted by Gasteiger charge is 2.13. The van der Waals surface area contributed by atoms with Crippen LogP contribution in [0.4, 0.5) is 4.39 Å². The van der Waals surface area contributed by atoms with Gasteiger partial charge in [0, 0.05) is 13.1 Å². The van der Waals surface area contributed by atoms with Gasteiger partial charge in [-0.15, -0.1) is 0 Å². The molecule has 1 aromatic heterocycles. The predicted molar refractivity (Wildman–Crippen MR) is 51.4 cm³/mol. The van der Waals surface area contributed by atoms with Crippen molar-refractivity contribution in [2.24, 2.45) is 0 Å². The van der Waals surface area contributed by atoms with Gasteiger partial charge in [0.25, 0.3) is 5.91 Å². The number of hydrogen-bond donors (Lipinski definition) is 0. The van der Waals surface area contributed by atoms with Gasteiger partial charge < -0.3 is 4.90 Å². The lowest BCUT2D eigenvalue weighted by molar-refractivity contribution is 0.0766. The number of halogens is 1. The van der Waals surface area contributed by atoms with E-state index in [9.17, 15) is 9.18 Å². The summed E-state index contributed by atoms with van der Waals surface area (Å²) in [6.07, 6.45) is 0. The van der Waals surface area contributed by atoms with Crippen LogP contribution in [-0.4, -0.2) is 28.9 Å².